The van der Waals surface area contributed by atoms with Crippen molar-refractivity contribution in [3.05, 3.63) is 23.8 Å². The van der Waals surface area contributed by atoms with E-state index in [1.807, 2.05) is 6.07 Å². The molecule has 40 heavy (non-hydrogen) atoms. The van der Waals surface area contributed by atoms with Crippen molar-refractivity contribution in [1.82, 2.24) is 9.62 Å². The first-order chi connectivity index (χ1) is 19.1. The van der Waals surface area contributed by atoms with Crippen molar-refractivity contribution in [2.75, 3.05) is 31.5 Å². The number of piperidine rings is 1. The van der Waals surface area contributed by atoms with Crippen molar-refractivity contribution < 1.29 is 23.1 Å². The number of rotatable bonds is 15. The maximum atomic E-state index is 13.6. The molecule has 0 aliphatic carbocycles. The van der Waals surface area contributed by atoms with Gasteiger partial charge in [-0.2, -0.15) is 4.72 Å². The van der Waals surface area contributed by atoms with E-state index >= 15 is 0 Å². The van der Waals surface area contributed by atoms with Gasteiger partial charge in [-0.15, -0.1) is 0 Å². The van der Waals surface area contributed by atoms with E-state index in [1.165, 1.54) is 0 Å². The summed E-state index contributed by atoms with van der Waals surface area (Å²) < 4.78 is 29.9. The van der Waals surface area contributed by atoms with E-state index in [4.69, 9.17) is 16.6 Å². The minimum absolute atomic E-state index is 0.0383. The second kappa shape index (κ2) is 15.2. The Balaban J connectivity index is 1.61. The number of nitrogens with two attached hydrogens (primary N) is 2. The summed E-state index contributed by atoms with van der Waals surface area (Å²) in [4.78, 5) is 30.2. The topological polar surface area (TPSA) is 180 Å². The van der Waals surface area contributed by atoms with Crippen LogP contribution < -0.4 is 21.5 Å². The molecule has 1 amide bonds. The van der Waals surface area contributed by atoms with Gasteiger partial charge in [0, 0.05) is 32.6 Å². The van der Waals surface area contributed by atoms with E-state index in [2.05, 4.69) is 22.0 Å². The normalized spacial score (nSPS) is 18.4. The molecule has 12 heteroatoms. The molecule has 0 spiro atoms. The van der Waals surface area contributed by atoms with E-state index in [0.717, 1.165) is 50.5 Å². The summed E-state index contributed by atoms with van der Waals surface area (Å²) in [5, 5.41) is 12.0. The molecule has 1 aromatic rings. The van der Waals surface area contributed by atoms with Gasteiger partial charge < -0.3 is 26.8 Å². The summed E-state index contributed by atoms with van der Waals surface area (Å²) in [6.07, 6.45) is 8.28. The SMILES string of the molecule is CC1CNc2c(cccc2S(=O)(=O)N[C@@H](CCCN=C(N)N)C(=O)N2CCC(CCCCCCC(=O)O)CC2)C1. The van der Waals surface area contributed by atoms with Crippen LogP contribution in [0.1, 0.15) is 76.7 Å². The third kappa shape index (κ3) is 9.65. The molecule has 1 saturated heterocycles. The standard InChI is InChI=1S/C28H46N6O5S/c1-20-18-22-9-6-11-24(26(22)32-19-20)40(38,39)33-23(10-7-15-31-28(29)30)27(37)34-16-13-21(14-17-34)8-4-2-3-5-12-25(35)36/h6,9,11,20-21,23,32-33H,2-5,7-8,10,12-19H2,1H3,(H,35,36)(H4,29,30,31)/t20?,23-/m0/s1. The minimum atomic E-state index is -3.97. The number of carboxylic acids is 1. The largest absolute Gasteiger partial charge is 0.481 e. The lowest BCUT2D eigenvalue weighted by molar-refractivity contribution is -0.137. The minimum Gasteiger partial charge on any atom is -0.481 e. The van der Waals surface area contributed by atoms with Gasteiger partial charge in [-0.05, 0) is 62.0 Å². The van der Waals surface area contributed by atoms with Crippen molar-refractivity contribution in [3.8, 4) is 0 Å². The molecule has 11 nitrogen and oxygen atoms in total. The number of aliphatic imine (C=N–C) groups is 1. The molecule has 0 saturated carbocycles. The Kier molecular flexibility index (Phi) is 12.1. The lowest BCUT2D eigenvalue weighted by Crippen LogP contribution is -2.50. The van der Waals surface area contributed by atoms with Crippen molar-refractivity contribution >= 4 is 33.5 Å². The lowest BCUT2D eigenvalue weighted by atomic mass is 9.90. The highest BCUT2D eigenvalue weighted by Crippen LogP contribution is 2.31. The molecule has 2 heterocycles. The van der Waals surface area contributed by atoms with E-state index in [-0.39, 0.29) is 29.6 Å². The van der Waals surface area contributed by atoms with Crippen LogP contribution in [0, 0.1) is 11.8 Å². The molecule has 224 valence electrons. The number of nitrogens with one attached hydrogen (secondary N) is 2. The number of aliphatic carboxylic acids is 1. The number of guanidine groups is 1. The predicted octanol–water partition coefficient (Wildman–Crippen LogP) is 2.66. The number of hydrogen-bond acceptors (Lipinski definition) is 6. The Bertz CT molecular complexity index is 1130. The van der Waals surface area contributed by atoms with E-state index < -0.39 is 22.0 Å². The van der Waals surface area contributed by atoms with Crippen LogP contribution in [0.15, 0.2) is 28.1 Å². The number of para-hydroxylation sites is 1. The number of carbonyl (C=O) groups excluding carboxylic acids is 1. The lowest BCUT2D eigenvalue weighted by Gasteiger charge is -2.34. The fourth-order valence-corrected chi connectivity index (χ4v) is 7.06. The molecule has 0 radical (unpaired) electrons. The summed E-state index contributed by atoms with van der Waals surface area (Å²) in [5.74, 6) is -0.0771. The van der Waals surface area contributed by atoms with Crippen molar-refractivity contribution in [3.63, 3.8) is 0 Å². The zero-order valence-corrected chi connectivity index (χ0v) is 24.4. The van der Waals surface area contributed by atoms with Gasteiger partial charge in [0.2, 0.25) is 15.9 Å². The molecule has 1 unspecified atom stereocenters. The number of carboxylic acid groups (broad SMARTS) is 1. The van der Waals surface area contributed by atoms with E-state index in [1.54, 1.807) is 17.0 Å². The van der Waals surface area contributed by atoms with Crippen LogP contribution in [-0.2, 0) is 26.0 Å². The Morgan fingerprint density at radius 3 is 2.58 bits per heavy atom. The molecule has 1 fully saturated rings. The first kappa shape index (κ1) is 31.7. The van der Waals surface area contributed by atoms with Gasteiger partial charge in [0.15, 0.2) is 5.96 Å². The van der Waals surface area contributed by atoms with Crippen LogP contribution in [0.4, 0.5) is 5.69 Å². The Hall–Kier alpha value is -2.86. The van der Waals surface area contributed by atoms with Crippen LogP contribution in [0.25, 0.3) is 0 Å². The van der Waals surface area contributed by atoms with Crippen LogP contribution in [-0.4, -0.2) is 68.5 Å². The molecular formula is C28H46N6O5S. The second-order valence-corrected chi connectivity index (χ2v) is 12.9. The third-order valence-electron chi connectivity index (χ3n) is 7.82. The second-order valence-electron chi connectivity index (χ2n) is 11.2. The van der Waals surface area contributed by atoms with E-state index in [9.17, 15) is 18.0 Å². The van der Waals surface area contributed by atoms with Crippen LogP contribution in [0.2, 0.25) is 0 Å². The quantitative estimate of drug-likeness (QED) is 0.120. The van der Waals surface area contributed by atoms with Gasteiger partial charge in [0.1, 0.15) is 10.9 Å². The van der Waals surface area contributed by atoms with Crippen LogP contribution in [0.5, 0.6) is 0 Å². The van der Waals surface area contributed by atoms with Gasteiger partial charge in [0.05, 0.1) is 5.69 Å². The van der Waals surface area contributed by atoms with Crippen LogP contribution in [0.3, 0.4) is 0 Å². The zero-order chi connectivity index (χ0) is 29.1. The average molecular weight is 579 g/mol. The number of sulfonamides is 1. The molecule has 2 atom stereocenters. The molecule has 0 bridgehead atoms. The van der Waals surface area contributed by atoms with Crippen molar-refractivity contribution in [1.29, 1.82) is 0 Å². The number of hydrogen-bond donors (Lipinski definition) is 5. The fraction of sp³-hybridized carbons (Fsp3) is 0.679. The summed E-state index contributed by atoms with van der Waals surface area (Å²) in [6, 6.07) is 4.36. The number of unbranched alkanes of at least 4 members (excludes halogenated alkanes) is 3. The fourth-order valence-electron chi connectivity index (χ4n) is 5.61. The monoisotopic (exact) mass is 578 g/mol. The number of benzene rings is 1. The van der Waals surface area contributed by atoms with Gasteiger partial charge in [-0.25, -0.2) is 8.42 Å². The molecule has 2 aliphatic heterocycles. The van der Waals surface area contributed by atoms with Gasteiger partial charge in [-0.3, -0.25) is 14.6 Å². The number of fused-ring (bicyclic) bond motifs is 1. The zero-order valence-electron chi connectivity index (χ0n) is 23.6. The van der Waals surface area contributed by atoms with Gasteiger partial charge >= 0.3 is 5.97 Å². The number of likely N-dealkylation sites (tertiary alicyclic amines) is 1. The molecule has 1 aromatic carbocycles. The maximum Gasteiger partial charge on any atom is 0.303 e. The summed E-state index contributed by atoms with van der Waals surface area (Å²) in [7, 11) is -3.97. The average Bonchev–Trinajstić information content (AvgIpc) is 2.91. The molecule has 7 N–H and O–H groups in total. The first-order valence-corrected chi connectivity index (χ1v) is 16.0. The molecule has 2 aliphatic rings. The Labute approximate surface area is 238 Å². The first-order valence-electron chi connectivity index (χ1n) is 14.5. The molecule has 3 rings (SSSR count). The number of anilines is 1. The third-order valence-corrected chi connectivity index (χ3v) is 9.33. The van der Waals surface area contributed by atoms with E-state index in [0.29, 0.717) is 56.5 Å². The van der Waals surface area contributed by atoms with Crippen LogP contribution >= 0.6 is 0 Å². The van der Waals surface area contributed by atoms with Crippen molar-refractivity contribution in [2.45, 2.75) is 88.5 Å². The smallest absolute Gasteiger partial charge is 0.303 e. The summed E-state index contributed by atoms with van der Waals surface area (Å²) >= 11 is 0. The van der Waals surface area contributed by atoms with Gasteiger partial charge in [0.25, 0.3) is 0 Å². The Morgan fingerprint density at radius 1 is 1.15 bits per heavy atom. The number of nitrogens with zero attached hydrogens (tertiary/aromatic N) is 2. The highest BCUT2D eigenvalue weighted by molar-refractivity contribution is 7.89. The molecule has 0 aromatic heterocycles. The van der Waals surface area contributed by atoms with Gasteiger partial charge in [-0.1, -0.05) is 44.7 Å². The van der Waals surface area contributed by atoms with Crippen molar-refractivity contribution in [2.24, 2.45) is 28.3 Å². The highest BCUT2D eigenvalue weighted by Gasteiger charge is 2.33. The highest BCUT2D eigenvalue weighted by atomic mass is 32.2. The Morgan fingerprint density at radius 2 is 1.88 bits per heavy atom. The molecular weight excluding hydrogens is 532 g/mol. The maximum absolute atomic E-state index is 13.6. The summed E-state index contributed by atoms with van der Waals surface area (Å²) in [5.41, 5.74) is 12.4. The predicted molar refractivity (Wildman–Crippen MR) is 156 cm³/mol. The number of amides is 1. The summed E-state index contributed by atoms with van der Waals surface area (Å²) in [6.45, 7) is 4.30. The number of carbonyl (C=O) groups is 2.